The smallest absolute Gasteiger partial charge is 0.329 e. The van der Waals surface area contributed by atoms with Crippen LogP contribution in [-0.2, 0) is 29.2 Å². The van der Waals surface area contributed by atoms with Gasteiger partial charge in [0, 0.05) is 45.3 Å². The predicted molar refractivity (Wildman–Crippen MR) is 116 cm³/mol. The number of amides is 1. The molecule has 3 heterocycles. The van der Waals surface area contributed by atoms with Gasteiger partial charge in [0.15, 0.2) is 0 Å². The molecule has 4 rings (SSSR count). The molecule has 0 saturated carbocycles. The number of pyridine rings is 1. The van der Waals surface area contributed by atoms with E-state index in [1.165, 1.54) is 0 Å². The highest BCUT2D eigenvalue weighted by Gasteiger charge is 2.14. The molecule has 0 aliphatic carbocycles. The second-order valence-electron chi connectivity index (χ2n) is 7.32. The fourth-order valence-electron chi connectivity index (χ4n) is 3.80. The molecule has 1 fully saturated rings. The number of fused-ring (bicyclic) bond motifs is 1. The summed E-state index contributed by atoms with van der Waals surface area (Å²) in [7, 11) is 0. The largest absolute Gasteiger partial charge is 0.378 e. The van der Waals surface area contributed by atoms with Gasteiger partial charge in [0.05, 0.1) is 24.2 Å². The summed E-state index contributed by atoms with van der Waals surface area (Å²) in [6, 6.07) is 11.6. The minimum absolute atomic E-state index is 0.0746. The second-order valence-corrected chi connectivity index (χ2v) is 7.32. The third-order valence-electron chi connectivity index (χ3n) is 5.44. The number of carbonyl (C=O) groups is 1. The summed E-state index contributed by atoms with van der Waals surface area (Å²) < 4.78 is 8.77. The zero-order valence-corrected chi connectivity index (χ0v) is 17.2. The number of nitrogens with zero attached hydrogens (tertiary/aromatic N) is 4. The van der Waals surface area contributed by atoms with E-state index in [2.05, 4.69) is 15.2 Å². The van der Waals surface area contributed by atoms with E-state index in [4.69, 9.17) is 4.74 Å². The maximum atomic E-state index is 12.6. The molecule has 8 nitrogen and oxygen atoms in total. The van der Waals surface area contributed by atoms with Gasteiger partial charge in [-0.2, -0.15) is 0 Å². The first-order valence-corrected chi connectivity index (χ1v) is 10.4. The summed E-state index contributed by atoms with van der Waals surface area (Å²) in [5.74, 6) is 0.840. The van der Waals surface area contributed by atoms with Crippen LogP contribution in [-0.4, -0.2) is 46.3 Å². The van der Waals surface area contributed by atoms with Crippen LogP contribution in [0.3, 0.4) is 0 Å². The van der Waals surface area contributed by atoms with Gasteiger partial charge < -0.3 is 15.0 Å². The zero-order valence-electron chi connectivity index (χ0n) is 17.2. The van der Waals surface area contributed by atoms with Gasteiger partial charge in [0.25, 0.3) is 0 Å². The molecule has 0 unspecified atom stereocenters. The predicted octanol–water partition coefficient (Wildman–Crippen LogP) is 1.76. The van der Waals surface area contributed by atoms with Crippen molar-refractivity contribution in [3.8, 4) is 0 Å². The summed E-state index contributed by atoms with van der Waals surface area (Å²) in [5.41, 5.74) is 2.63. The number of anilines is 1. The van der Waals surface area contributed by atoms with Crippen LogP contribution in [0, 0.1) is 0 Å². The van der Waals surface area contributed by atoms with Gasteiger partial charge in [-0.3, -0.25) is 13.9 Å². The Hall–Kier alpha value is -3.13. The maximum absolute atomic E-state index is 12.6. The molecule has 1 saturated heterocycles. The van der Waals surface area contributed by atoms with Crippen LogP contribution in [0.25, 0.3) is 11.0 Å². The summed E-state index contributed by atoms with van der Waals surface area (Å²) in [6.07, 6.45) is 2.04. The van der Waals surface area contributed by atoms with E-state index in [1.54, 1.807) is 15.3 Å². The Morgan fingerprint density at radius 2 is 1.83 bits per heavy atom. The Bertz CT molecular complexity index is 1060. The second kappa shape index (κ2) is 9.13. The van der Waals surface area contributed by atoms with E-state index in [9.17, 15) is 9.59 Å². The van der Waals surface area contributed by atoms with Crippen LogP contribution >= 0.6 is 0 Å². The number of nitrogens with one attached hydrogen (secondary N) is 1. The first-order valence-electron chi connectivity index (χ1n) is 10.4. The van der Waals surface area contributed by atoms with Crippen molar-refractivity contribution in [1.29, 1.82) is 0 Å². The monoisotopic (exact) mass is 409 g/mol. The minimum Gasteiger partial charge on any atom is -0.378 e. The first-order chi connectivity index (χ1) is 14.7. The number of hydrogen-bond donors (Lipinski definition) is 1. The molecule has 1 amide bonds. The molecule has 3 aromatic rings. The van der Waals surface area contributed by atoms with E-state index < -0.39 is 0 Å². The number of rotatable bonds is 7. The lowest BCUT2D eigenvalue weighted by Gasteiger charge is -2.27. The van der Waals surface area contributed by atoms with Crippen molar-refractivity contribution in [3.05, 3.63) is 58.6 Å². The quantitative estimate of drug-likeness (QED) is 0.643. The number of ether oxygens (including phenoxy) is 1. The van der Waals surface area contributed by atoms with Crippen LogP contribution in [0.5, 0.6) is 0 Å². The van der Waals surface area contributed by atoms with E-state index in [0.29, 0.717) is 19.6 Å². The Morgan fingerprint density at radius 3 is 2.50 bits per heavy atom. The minimum atomic E-state index is -0.0903. The van der Waals surface area contributed by atoms with Crippen molar-refractivity contribution >= 4 is 22.8 Å². The van der Waals surface area contributed by atoms with Crippen LogP contribution in [0.4, 0.5) is 5.82 Å². The van der Waals surface area contributed by atoms with E-state index in [0.717, 1.165) is 48.7 Å². The number of carbonyl (C=O) groups excluding carboxylic acids is 1. The Kier molecular flexibility index (Phi) is 6.13. The third-order valence-corrected chi connectivity index (χ3v) is 5.44. The maximum Gasteiger partial charge on any atom is 0.329 e. The fraction of sp³-hybridized carbons (Fsp3) is 0.409. The van der Waals surface area contributed by atoms with Gasteiger partial charge in [0.2, 0.25) is 5.91 Å². The molecule has 2 aromatic heterocycles. The number of para-hydroxylation sites is 2. The van der Waals surface area contributed by atoms with E-state index >= 15 is 0 Å². The van der Waals surface area contributed by atoms with Gasteiger partial charge in [0.1, 0.15) is 5.82 Å². The average molecular weight is 409 g/mol. The Labute approximate surface area is 175 Å². The number of benzene rings is 1. The van der Waals surface area contributed by atoms with Crippen molar-refractivity contribution in [2.75, 3.05) is 31.2 Å². The highest BCUT2D eigenvalue weighted by molar-refractivity contribution is 5.78. The number of morpholine rings is 1. The molecule has 1 aliphatic heterocycles. The van der Waals surface area contributed by atoms with Gasteiger partial charge in [-0.15, -0.1) is 0 Å². The van der Waals surface area contributed by atoms with Crippen LogP contribution in [0.1, 0.15) is 18.9 Å². The summed E-state index contributed by atoms with van der Waals surface area (Å²) >= 11 is 0. The summed E-state index contributed by atoms with van der Waals surface area (Å²) in [4.78, 5) is 31.7. The SMILES string of the molecule is CCn1c(=O)n(CCC(=O)NCc2ccc(N3CCOCC3)nc2)c2ccccc21. The van der Waals surface area contributed by atoms with Crippen molar-refractivity contribution in [2.24, 2.45) is 0 Å². The van der Waals surface area contributed by atoms with Gasteiger partial charge in [-0.05, 0) is 30.7 Å². The number of aryl methyl sites for hydroxylation is 2. The summed E-state index contributed by atoms with van der Waals surface area (Å²) in [5, 5.41) is 2.92. The van der Waals surface area contributed by atoms with Gasteiger partial charge >= 0.3 is 5.69 Å². The molecule has 1 aliphatic rings. The molecule has 0 atom stereocenters. The standard InChI is InChI=1S/C22H27N5O3/c1-2-26-18-5-3-4-6-19(18)27(22(26)29)10-9-21(28)24-16-17-7-8-20(23-15-17)25-11-13-30-14-12-25/h3-8,15H,2,9-14,16H2,1H3,(H,24,28). The lowest BCUT2D eigenvalue weighted by atomic mass is 10.2. The van der Waals surface area contributed by atoms with Gasteiger partial charge in [-0.1, -0.05) is 18.2 Å². The summed E-state index contributed by atoms with van der Waals surface area (Å²) in [6.45, 7) is 6.45. The molecule has 0 bridgehead atoms. The van der Waals surface area contributed by atoms with E-state index in [1.807, 2.05) is 43.3 Å². The Balaban J connectivity index is 1.33. The topological polar surface area (TPSA) is 81.4 Å². The van der Waals surface area contributed by atoms with Crippen molar-refractivity contribution < 1.29 is 9.53 Å². The normalized spacial score (nSPS) is 14.2. The fourth-order valence-corrected chi connectivity index (χ4v) is 3.80. The Morgan fingerprint density at radius 1 is 1.10 bits per heavy atom. The van der Waals surface area contributed by atoms with Crippen molar-refractivity contribution in [3.63, 3.8) is 0 Å². The molecule has 8 heteroatoms. The average Bonchev–Trinajstić information content (AvgIpc) is 3.07. The molecular weight excluding hydrogens is 382 g/mol. The van der Waals surface area contributed by atoms with Crippen molar-refractivity contribution in [2.45, 2.75) is 33.0 Å². The van der Waals surface area contributed by atoms with Crippen molar-refractivity contribution in [1.82, 2.24) is 19.4 Å². The molecule has 30 heavy (non-hydrogen) atoms. The number of hydrogen-bond acceptors (Lipinski definition) is 5. The van der Waals surface area contributed by atoms with Crippen LogP contribution < -0.4 is 15.9 Å². The lowest BCUT2D eigenvalue weighted by molar-refractivity contribution is -0.121. The lowest BCUT2D eigenvalue weighted by Crippen LogP contribution is -2.36. The van der Waals surface area contributed by atoms with Crippen LogP contribution in [0.2, 0.25) is 0 Å². The number of imidazole rings is 1. The zero-order chi connectivity index (χ0) is 20.9. The van der Waals surface area contributed by atoms with Gasteiger partial charge in [-0.25, -0.2) is 9.78 Å². The first kappa shape index (κ1) is 20.2. The highest BCUT2D eigenvalue weighted by Crippen LogP contribution is 2.14. The highest BCUT2D eigenvalue weighted by atomic mass is 16.5. The van der Waals surface area contributed by atoms with Crippen LogP contribution in [0.15, 0.2) is 47.4 Å². The van der Waals surface area contributed by atoms with E-state index in [-0.39, 0.29) is 18.0 Å². The molecule has 0 spiro atoms. The number of aromatic nitrogens is 3. The molecule has 1 aromatic carbocycles. The molecule has 0 radical (unpaired) electrons. The molecule has 1 N–H and O–H groups in total. The molecule has 158 valence electrons. The molecular formula is C22H27N5O3. The third kappa shape index (κ3) is 4.23.